The number of anilines is 1. The van der Waals surface area contributed by atoms with Gasteiger partial charge in [0, 0.05) is 38.6 Å². The molecule has 2 amide bonds. The molecule has 168 valence electrons. The Labute approximate surface area is 193 Å². The van der Waals surface area contributed by atoms with E-state index in [-0.39, 0.29) is 12.1 Å². The summed E-state index contributed by atoms with van der Waals surface area (Å²) in [5.74, 6) is 0.972. The van der Waals surface area contributed by atoms with E-state index in [0.29, 0.717) is 6.54 Å². The van der Waals surface area contributed by atoms with E-state index < -0.39 is 0 Å². The number of carbonyl (C=O) groups excluding carboxylic acids is 1. The minimum atomic E-state index is -0.243. The molecule has 1 aliphatic heterocycles. The van der Waals surface area contributed by atoms with Crippen LogP contribution in [0.4, 0.5) is 10.5 Å². The third kappa shape index (κ3) is 3.46. The molecule has 0 aliphatic carbocycles. The van der Waals surface area contributed by atoms with Gasteiger partial charge in [-0.1, -0.05) is 30.3 Å². The molecule has 5 rings (SSSR count). The summed E-state index contributed by atoms with van der Waals surface area (Å²) in [6, 6.07) is 22.3. The summed E-state index contributed by atoms with van der Waals surface area (Å²) in [7, 11) is 5.73. The Kier molecular flexibility index (Phi) is 5.17. The van der Waals surface area contributed by atoms with Crippen molar-refractivity contribution in [3.05, 3.63) is 95.4 Å². The van der Waals surface area contributed by atoms with Crippen LogP contribution in [0.3, 0.4) is 0 Å². The van der Waals surface area contributed by atoms with Gasteiger partial charge in [-0.15, -0.1) is 0 Å². The van der Waals surface area contributed by atoms with Gasteiger partial charge in [0.15, 0.2) is 0 Å². The number of rotatable bonds is 3. The summed E-state index contributed by atoms with van der Waals surface area (Å²) >= 11 is 0. The quantitative estimate of drug-likeness (QED) is 0.517. The van der Waals surface area contributed by atoms with Crippen molar-refractivity contribution in [3.63, 3.8) is 0 Å². The van der Waals surface area contributed by atoms with Crippen LogP contribution in [0.15, 0.2) is 72.9 Å². The van der Waals surface area contributed by atoms with Gasteiger partial charge in [-0.25, -0.2) is 9.48 Å². The molecule has 1 N–H and O–H groups in total. The minimum absolute atomic E-state index is 0.121. The molecule has 1 aliphatic rings. The van der Waals surface area contributed by atoms with Crippen molar-refractivity contribution in [1.82, 2.24) is 24.6 Å². The zero-order valence-electron chi connectivity index (χ0n) is 19.4. The van der Waals surface area contributed by atoms with Crippen molar-refractivity contribution >= 4 is 11.7 Å². The number of aromatic nitrogens is 3. The van der Waals surface area contributed by atoms with Gasteiger partial charge in [0.25, 0.3) is 0 Å². The number of hydrogen-bond donors (Lipinski definition) is 1. The first-order valence-corrected chi connectivity index (χ1v) is 11.1. The highest BCUT2D eigenvalue weighted by atomic mass is 16.2. The maximum atomic E-state index is 13.2. The molecule has 33 heavy (non-hydrogen) atoms. The largest absolute Gasteiger partial charge is 0.378 e. The molecule has 0 unspecified atom stereocenters. The number of fused-ring (bicyclic) bond motifs is 3. The molecule has 7 nitrogen and oxygen atoms in total. The van der Waals surface area contributed by atoms with Crippen molar-refractivity contribution < 1.29 is 4.79 Å². The summed E-state index contributed by atoms with van der Waals surface area (Å²) in [5, 5.41) is 7.71. The normalized spacial score (nSPS) is 14.9. The lowest BCUT2D eigenvalue weighted by molar-refractivity contribution is 0.182. The predicted octanol–water partition coefficient (Wildman–Crippen LogP) is 4.28. The van der Waals surface area contributed by atoms with Gasteiger partial charge in [0.2, 0.25) is 0 Å². The predicted molar refractivity (Wildman–Crippen MR) is 130 cm³/mol. The minimum Gasteiger partial charge on any atom is -0.378 e. The SMILES string of the molecule is CNC(=O)N1Cc2c(C)nn(-c3ccccc3)c2-n2cccc2[C@H]1c1ccc(N(C)C)cc1. The molecule has 0 bridgehead atoms. The second kappa shape index (κ2) is 8.16. The van der Waals surface area contributed by atoms with Crippen molar-refractivity contribution in [2.75, 3.05) is 26.0 Å². The van der Waals surface area contributed by atoms with E-state index in [1.165, 1.54) is 0 Å². The highest BCUT2D eigenvalue weighted by molar-refractivity contribution is 5.75. The fraction of sp³-hybridized carbons (Fsp3) is 0.231. The first kappa shape index (κ1) is 20.9. The van der Waals surface area contributed by atoms with Crippen LogP contribution in [0.2, 0.25) is 0 Å². The molecule has 0 saturated heterocycles. The lowest BCUT2D eigenvalue weighted by Gasteiger charge is -2.30. The molecule has 0 radical (unpaired) electrons. The number of nitrogens with zero attached hydrogens (tertiary/aromatic N) is 5. The number of carbonyl (C=O) groups is 1. The van der Waals surface area contributed by atoms with E-state index in [0.717, 1.165) is 39.7 Å². The Bertz CT molecular complexity index is 1290. The Morgan fingerprint density at radius 3 is 2.42 bits per heavy atom. The van der Waals surface area contributed by atoms with Gasteiger partial charge in [-0.3, -0.25) is 0 Å². The number of benzene rings is 2. The third-order valence-electron chi connectivity index (χ3n) is 6.29. The number of amides is 2. The highest BCUT2D eigenvalue weighted by Gasteiger charge is 2.35. The lowest BCUT2D eigenvalue weighted by atomic mass is 10.0. The summed E-state index contributed by atoms with van der Waals surface area (Å²) in [6.07, 6.45) is 2.06. The van der Waals surface area contributed by atoms with Crippen molar-refractivity contribution in [2.24, 2.45) is 0 Å². The van der Waals surface area contributed by atoms with Gasteiger partial charge in [0.05, 0.1) is 29.7 Å². The van der Waals surface area contributed by atoms with E-state index in [9.17, 15) is 4.79 Å². The highest BCUT2D eigenvalue weighted by Crippen LogP contribution is 2.38. The van der Waals surface area contributed by atoms with Crippen LogP contribution in [-0.2, 0) is 6.54 Å². The second-order valence-corrected chi connectivity index (χ2v) is 8.51. The van der Waals surface area contributed by atoms with Crippen LogP contribution in [0.1, 0.15) is 28.6 Å². The average Bonchev–Trinajstić information content (AvgIpc) is 3.40. The smallest absolute Gasteiger partial charge is 0.318 e. The van der Waals surface area contributed by atoms with Gasteiger partial charge in [0.1, 0.15) is 5.82 Å². The second-order valence-electron chi connectivity index (χ2n) is 8.51. The number of nitrogens with one attached hydrogen (secondary N) is 1. The van der Waals surface area contributed by atoms with Crippen LogP contribution >= 0.6 is 0 Å². The molecule has 2 aromatic carbocycles. The van der Waals surface area contributed by atoms with Gasteiger partial charge < -0.3 is 19.7 Å². The topological polar surface area (TPSA) is 58.3 Å². The molecule has 4 aromatic rings. The van der Waals surface area contributed by atoms with Gasteiger partial charge in [-0.2, -0.15) is 5.10 Å². The number of aryl methyl sites for hydroxylation is 1. The summed E-state index contributed by atoms with van der Waals surface area (Å²) in [4.78, 5) is 17.1. The van der Waals surface area contributed by atoms with Crippen LogP contribution in [0.25, 0.3) is 11.5 Å². The van der Waals surface area contributed by atoms with Gasteiger partial charge >= 0.3 is 6.03 Å². The molecular formula is C26H28N6O. The van der Waals surface area contributed by atoms with Crippen LogP contribution < -0.4 is 10.2 Å². The zero-order valence-corrected chi connectivity index (χ0v) is 19.4. The van der Waals surface area contributed by atoms with E-state index in [4.69, 9.17) is 5.10 Å². The van der Waals surface area contributed by atoms with E-state index in [1.807, 2.05) is 54.9 Å². The Morgan fingerprint density at radius 2 is 1.76 bits per heavy atom. The third-order valence-corrected chi connectivity index (χ3v) is 6.29. The van der Waals surface area contributed by atoms with Crippen molar-refractivity contribution in [2.45, 2.75) is 19.5 Å². The molecule has 0 spiro atoms. The summed E-state index contributed by atoms with van der Waals surface area (Å²) in [6.45, 7) is 2.46. The maximum absolute atomic E-state index is 13.2. The molecule has 7 heteroatoms. The summed E-state index contributed by atoms with van der Waals surface area (Å²) < 4.78 is 4.16. The fourth-order valence-corrected chi connectivity index (χ4v) is 4.60. The van der Waals surface area contributed by atoms with Gasteiger partial charge in [-0.05, 0) is 48.9 Å². The van der Waals surface area contributed by atoms with Crippen LogP contribution in [0, 0.1) is 6.92 Å². The van der Waals surface area contributed by atoms with Crippen molar-refractivity contribution in [3.8, 4) is 11.5 Å². The van der Waals surface area contributed by atoms with Crippen molar-refractivity contribution in [1.29, 1.82) is 0 Å². The lowest BCUT2D eigenvalue weighted by Crippen LogP contribution is -2.40. The molecule has 3 heterocycles. The zero-order chi connectivity index (χ0) is 23.1. The molecule has 0 saturated carbocycles. The standard InChI is InChI=1S/C26H28N6O/c1-18-22-17-31(26(33)27-2)24(19-12-14-20(15-13-19)29(3)4)23-11-8-16-30(23)25(22)32(28-18)21-9-6-5-7-10-21/h5-16,24H,17H2,1-4H3,(H,27,33)/t24-/m1/s1. The average molecular weight is 441 g/mol. The Hall–Kier alpha value is -4.00. The molecular weight excluding hydrogens is 412 g/mol. The van der Waals surface area contributed by atoms with E-state index >= 15 is 0 Å². The van der Waals surface area contributed by atoms with E-state index in [1.54, 1.807) is 7.05 Å². The molecule has 2 aromatic heterocycles. The first-order chi connectivity index (χ1) is 16.0. The van der Waals surface area contributed by atoms with E-state index in [2.05, 4.69) is 63.4 Å². The Morgan fingerprint density at radius 1 is 1.03 bits per heavy atom. The first-order valence-electron chi connectivity index (χ1n) is 11.1. The number of hydrogen-bond acceptors (Lipinski definition) is 3. The maximum Gasteiger partial charge on any atom is 0.318 e. The molecule has 1 atom stereocenters. The van der Waals surface area contributed by atoms with Crippen LogP contribution in [0.5, 0.6) is 0 Å². The number of para-hydroxylation sites is 1. The monoisotopic (exact) mass is 440 g/mol. The van der Waals surface area contributed by atoms with Crippen LogP contribution in [-0.4, -0.2) is 46.4 Å². The fourth-order valence-electron chi connectivity index (χ4n) is 4.60. The molecule has 0 fully saturated rings. The Balaban J connectivity index is 1.73. The summed E-state index contributed by atoms with van der Waals surface area (Å²) in [5.41, 5.74) is 6.13. The number of urea groups is 1.